The van der Waals surface area contributed by atoms with E-state index in [1.165, 1.54) is 16.4 Å². The molecule has 0 bridgehead atoms. The fourth-order valence-corrected chi connectivity index (χ4v) is 4.81. The molecule has 0 aliphatic rings. The maximum absolute atomic E-state index is 13.4. The van der Waals surface area contributed by atoms with Crippen LogP contribution in [-0.4, -0.2) is 29.8 Å². The van der Waals surface area contributed by atoms with E-state index in [1.54, 1.807) is 13.8 Å². The minimum atomic E-state index is -3.85. The van der Waals surface area contributed by atoms with Crippen LogP contribution in [0.1, 0.15) is 47.3 Å². The van der Waals surface area contributed by atoms with Gasteiger partial charge in [0.05, 0.1) is 10.5 Å². The topological polar surface area (TPSA) is 74.7 Å². The lowest BCUT2D eigenvalue weighted by atomic mass is 10.1. The number of nitrogens with zero attached hydrogens (tertiary/aromatic N) is 1. The zero-order chi connectivity index (χ0) is 19.5. The SMILES string of the molecule is CCC(C)N(Cc1ccccc1)S(=O)(=O)c1cc(C(=O)O)cc(C)c1C. The van der Waals surface area contributed by atoms with Crippen molar-refractivity contribution in [3.63, 3.8) is 0 Å². The molecule has 0 radical (unpaired) electrons. The predicted octanol–water partition coefficient (Wildman–Crippen LogP) is 3.99. The minimum absolute atomic E-state index is 0.0181. The number of aryl methyl sites for hydroxylation is 1. The van der Waals surface area contributed by atoms with Gasteiger partial charge >= 0.3 is 5.97 Å². The first-order valence-electron chi connectivity index (χ1n) is 8.58. The second-order valence-corrected chi connectivity index (χ2v) is 8.37. The van der Waals surface area contributed by atoms with E-state index in [4.69, 9.17) is 0 Å². The maximum atomic E-state index is 13.4. The molecule has 0 amide bonds. The van der Waals surface area contributed by atoms with Gasteiger partial charge < -0.3 is 5.11 Å². The number of carboxylic acid groups (broad SMARTS) is 1. The molecule has 0 aliphatic carbocycles. The van der Waals surface area contributed by atoms with Crippen molar-refractivity contribution >= 4 is 16.0 Å². The molecule has 0 spiro atoms. The summed E-state index contributed by atoms with van der Waals surface area (Å²) < 4.78 is 28.3. The average molecular weight is 375 g/mol. The molecule has 2 aromatic rings. The zero-order valence-electron chi connectivity index (χ0n) is 15.6. The molecule has 5 nitrogen and oxygen atoms in total. The molecular formula is C20H25NO4S. The Hall–Kier alpha value is -2.18. The van der Waals surface area contributed by atoms with Crippen molar-refractivity contribution in [2.24, 2.45) is 0 Å². The summed E-state index contributed by atoms with van der Waals surface area (Å²) in [5.41, 5.74) is 2.10. The first-order chi connectivity index (χ1) is 12.2. The highest BCUT2D eigenvalue weighted by molar-refractivity contribution is 7.89. The number of sulfonamides is 1. The summed E-state index contributed by atoms with van der Waals surface area (Å²) in [6.45, 7) is 7.48. The summed E-state index contributed by atoms with van der Waals surface area (Å²) in [6, 6.07) is 12.0. The van der Waals surface area contributed by atoms with Crippen molar-refractivity contribution in [2.45, 2.75) is 51.6 Å². The van der Waals surface area contributed by atoms with E-state index in [0.29, 0.717) is 17.5 Å². The molecule has 2 rings (SSSR count). The summed E-state index contributed by atoms with van der Waals surface area (Å²) >= 11 is 0. The lowest BCUT2D eigenvalue weighted by Crippen LogP contribution is -2.38. The van der Waals surface area contributed by atoms with Crippen LogP contribution in [0.3, 0.4) is 0 Å². The Morgan fingerprint density at radius 1 is 1.15 bits per heavy atom. The summed E-state index contributed by atoms with van der Waals surface area (Å²) in [7, 11) is -3.85. The van der Waals surface area contributed by atoms with Crippen molar-refractivity contribution in [1.82, 2.24) is 4.31 Å². The first kappa shape index (κ1) is 20.1. The Morgan fingerprint density at radius 3 is 2.31 bits per heavy atom. The van der Waals surface area contributed by atoms with E-state index < -0.39 is 16.0 Å². The molecule has 1 unspecified atom stereocenters. The molecule has 1 atom stereocenters. The third kappa shape index (κ3) is 4.14. The lowest BCUT2D eigenvalue weighted by Gasteiger charge is -2.29. The second kappa shape index (κ2) is 8.01. The molecule has 0 saturated carbocycles. The molecule has 140 valence electrons. The fraction of sp³-hybridized carbons (Fsp3) is 0.350. The van der Waals surface area contributed by atoms with Gasteiger partial charge in [0.15, 0.2) is 0 Å². The van der Waals surface area contributed by atoms with Crippen molar-refractivity contribution in [3.8, 4) is 0 Å². The smallest absolute Gasteiger partial charge is 0.335 e. The van der Waals surface area contributed by atoms with E-state index in [0.717, 1.165) is 5.56 Å². The van der Waals surface area contributed by atoms with Gasteiger partial charge in [0.25, 0.3) is 0 Å². The molecule has 6 heteroatoms. The van der Waals surface area contributed by atoms with Crippen LogP contribution in [0, 0.1) is 13.8 Å². The molecule has 26 heavy (non-hydrogen) atoms. The predicted molar refractivity (Wildman–Crippen MR) is 102 cm³/mol. The molecule has 1 N–H and O–H groups in total. The quantitative estimate of drug-likeness (QED) is 0.794. The average Bonchev–Trinajstić information content (AvgIpc) is 2.61. The lowest BCUT2D eigenvalue weighted by molar-refractivity contribution is 0.0696. The highest BCUT2D eigenvalue weighted by Crippen LogP contribution is 2.28. The van der Waals surface area contributed by atoms with Gasteiger partial charge in [-0.1, -0.05) is 37.3 Å². The summed E-state index contributed by atoms with van der Waals surface area (Å²) in [5.74, 6) is -1.14. The second-order valence-electron chi connectivity index (χ2n) is 6.51. The Kier molecular flexibility index (Phi) is 6.21. The summed E-state index contributed by atoms with van der Waals surface area (Å²) in [5, 5.41) is 9.31. The van der Waals surface area contributed by atoms with Crippen LogP contribution in [0.2, 0.25) is 0 Å². The number of hydrogen-bond donors (Lipinski definition) is 1. The zero-order valence-corrected chi connectivity index (χ0v) is 16.4. The van der Waals surface area contributed by atoms with Crippen LogP contribution < -0.4 is 0 Å². The van der Waals surface area contributed by atoms with Crippen molar-refractivity contribution in [2.75, 3.05) is 0 Å². The van der Waals surface area contributed by atoms with Crippen LogP contribution in [0.25, 0.3) is 0 Å². The van der Waals surface area contributed by atoms with Gasteiger partial charge in [0, 0.05) is 12.6 Å². The maximum Gasteiger partial charge on any atom is 0.335 e. The van der Waals surface area contributed by atoms with E-state index in [1.807, 2.05) is 44.2 Å². The fourth-order valence-electron chi connectivity index (χ4n) is 2.79. The Labute approximate surface area is 155 Å². The third-order valence-electron chi connectivity index (χ3n) is 4.72. The number of rotatable bonds is 7. The Balaban J connectivity index is 2.58. The standard InChI is InChI=1S/C20H25NO4S/c1-5-15(3)21(13-17-9-7-6-8-10-17)26(24,25)19-12-18(20(22)23)11-14(2)16(19)4/h6-12,15H,5,13H2,1-4H3,(H,22,23). The van der Waals surface area contributed by atoms with Gasteiger partial charge in [0.1, 0.15) is 0 Å². The summed E-state index contributed by atoms with van der Waals surface area (Å²) in [4.78, 5) is 11.4. The highest BCUT2D eigenvalue weighted by Gasteiger charge is 2.31. The number of hydrogen-bond acceptors (Lipinski definition) is 3. The van der Waals surface area contributed by atoms with Gasteiger partial charge in [-0.25, -0.2) is 13.2 Å². The van der Waals surface area contributed by atoms with Gasteiger partial charge in [-0.15, -0.1) is 0 Å². The summed E-state index contributed by atoms with van der Waals surface area (Å²) in [6.07, 6.45) is 0.655. The van der Waals surface area contributed by atoms with Crippen molar-refractivity contribution in [1.29, 1.82) is 0 Å². The molecule has 0 heterocycles. The van der Waals surface area contributed by atoms with Crippen LogP contribution in [-0.2, 0) is 16.6 Å². The monoisotopic (exact) mass is 375 g/mol. The van der Waals surface area contributed by atoms with Gasteiger partial charge in [0.2, 0.25) is 10.0 Å². The molecular weight excluding hydrogens is 350 g/mol. The van der Waals surface area contributed by atoms with E-state index in [9.17, 15) is 18.3 Å². The number of carbonyl (C=O) groups is 1. The molecule has 2 aromatic carbocycles. The Bertz CT molecular complexity index is 892. The molecule has 0 saturated heterocycles. The van der Waals surface area contributed by atoms with Crippen LogP contribution >= 0.6 is 0 Å². The number of carboxylic acids is 1. The van der Waals surface area contributed by atoms with Gasteiger partial charge in [-0.2, -0.15) is 4.31 Å². The van der Waals surface area contributed by atoms with Crippen LogP contribution in [0.4, 0.5) is 0 Å². The third-order valence-corrected chi connectivity index (χ3v) is 6.80. The highest BCUT2D eigenvalue weighted by atomic mass is 32.2. The van der Waals surface area contributed by atoms with Gasteiger partial charge in [-0.3, -0.25) is 0 Å². The van der Waals surface area contributed by atoms with Crippen molar-refractivity contribution < 1.29 is 18.3 Å². The molecule has 0 aromatic heterocycles. The minimum Gasteiger partial charge on any atom is -0.478 e. The van der Waals surface area contributed by atoms with Crippen LogP contribution in [0.5, 0.6) is 0 Å². The number of aromatic carboxylic acids is 1. The van der Waals surface area contributed by atoms with Crippen molar-refractivity contribution in [3.05, 3.63) is 64.7 Å². The molecule has 0 aliphatic heterocycles. The Morgan fingerprint density at radius 2 is 1.77 bits per heavy atom. The normalized spacial score (nSPS) is 13.0. The van der Waals surface area contributed by atoms with E-state index >= 15 is 0 Å². The van der Waals surface area contributed by atoms with Gasteiger partial charge in [-0.05, 0) is 56.0 Å². The van der Waals surface area contributed by atoms with Crippen LogP contribution in [0.15, 0.2) is 47.4 Å². The number of benzene rings is 2. The van der Waals surface area contributed by atoms with E-state index in [-0.39, 0.29) is 23.0 Å². The largest absolute Gasteiger partial charge is 0.478 e. The molecule has 0 fully saturated rings. The first-order valence-corrected chi connectivity index (χ1v) is 10.0. The van der Waals surface area contributed by atoms with E-state index in [2.05, 4.69) is 0 Å².